The van der Waals surface area contributed by atoms with Crippen LogP contribution in [0.5, 0.6) is 5.75 Å². The third-order valence-corrected chi connectivity index (χ3v) is 3.21. The Labute approximate surface area is 157 Å². The average molecular weight is 503 g/mol. The van der Waals surface area contributed by atoms with Crippen molar-refractivity contribution in [2.24, 2.45) is 0 Å². The summed E-state index contributed by atoms with van der Waals surface area (Å²) in [5.74, 6) is 0.587. The quantitative estimate of drug-likeness (QED) is 0.469. The van der Waals surface area contributed by atoms with E-state index in [9.17, 15) is 5.11 Å². The number of hydrogen-bond acceptors (Lipinski definition) is 2. The first-order chi connectivity index (χ1) is 10.1. The summed E-state index contributed by atoms with van der Waals surface area (Å²) in [6, 6.07) is 18.4. The molecule has 1 aromatic heterocycles. The van der Waals surface area contributed by atoms with Gasteiger partial charge in [-0.3, -0.25) is 4.98 Å². The second-order valence-corrected chi connectivity index (χ2v) is 5.31. The van der Waals surface area contributed by atoms with E-state index in [1.807, 2.05) is 24.3 Å². The van der Waals surface area contributed by atoms with E-state index in [0.717, 1.165) is 5.39 Å². The van der Waals surface area contributed by atoms with Crippen LogP contribution in [0.15, 0.2) is 54.7 Å². The second-order valence-electron chi connectivity index (χ2n) is 5.31. The summed E-state index contributed by atoms with van der Waals surface area (Å²) < 4.78 is 0. The zero-order valence-electron chi connectivity index (χ0n) is 13.4. The molecule has 2 aromatic carbocycles. The van der Waals surface area contributed by atoms with Crippen LogP contribution in [0, 0.1) is 13.0 Å². The van der Waals surface area contributed by atoms with Gasteiger partial charge in [-0.2, -0.15) is 35.4 Å². The molecular formula is C19H19ClNOOs-. The third kappa shape index (κ3) is 6.30. The topological polar surface area (TPSA) is 36.0 Å². The van der Waals surface area contributed by atoms with Crippen molar-refractivity contribution in [3.05, 3.63) is 71.9 Å². The van der Waals surface area contributed by atoms with Crippen LogP contribution < -0.4 is 17.5 Å². The first-order valence-corrected chi connectivity index (χ1v) is 7.07. The van der Waals surface area contributed by atoms with Gasteiger partial charge in [-0.15, -0.1) is 0 Å². The number of para-hydroxylation sites is 1. The number of aryl methyl sites for hydroxylation is 1. The molecule has 122 valence electrons. The molecule has 0 aliphatic rings. The van der Waals surface area contributed by atoms with Gasteiger partial charge in [0.15, 0.2) is 0 Å². The maximum absolute atomic E-state index is 11.1. The first-order valence-electron chi connectivity index (χ1n) is 7.07. The fourth-order valence-corrected chi connectivity index (χ4v) is 1.95. The van der Waals surface area contributed by atoms with Crippen molar-refractivity contribution in [2.75, 3.05) is 0 Å². The van der Waals surface area contributed by atoms with Crippen LogP contribution in [0.3, 0.4) is 0 Å². The van der Waals surface area contributed by atoms with Crippen LogP contribution in [0.2, 0.25) is 0 Å². The van der Waals surface area contributed by atoms with Gasteiger partial charge in [0.2, 0.25) is 0 Å². The number of benzene rings is 2. The summed E-state index contributed by atoms with van der Waals surface area (Å²) >= 11 is 0. The molecular weight excluding hydrogens is 484 g/mol. The SMILES string of the molecule is Cc1c[c-]c(C(C)C)cc1.[Cl-].[O-]c1cccc2cccnc12.[Os+2]. The van der Waals surface area contributed by atoms with Crippen molar-refractivity contribution in [1.82, 2.24) is 4.98 Å². The predicted molar refractivity (Wildman–Crippen MR) is 85.3 cm³/mol. The Kier molecular flexibility index (Phi) is 9.73. The summed E-state index contributed by atoms with van der Waals surface area (Å²) in [6.45, 7) is 6.45. The van der Waals surface area contributed by atoms with E-state index >= 15 is 0 Å². The maximum atomic E-state index is 11.1. The smallest absolute Gasteiger partial charge is 1.00 e. The summed E-state index contributed by atoms with van der Waals surface area (Å²) in [5.41, 5.74) is 3.13. The molecule has 0 aliphatic carbocycles. The van der Waals surface area contributed by atoms with Crippen LogP contribution in [-0.4, -0.2) is 4.98 Å². The minimum Gasteiger partial charge on any atom is -1.00 e. The summed E-state index contributed by atoms with van der Waals surface area (Å²) in [5, 5.41) is 12.0. The van der Waals surface area contributed by atoms with E-state index in [1.54, 1.807) is 12.3 Å². The summed E-state index contributed by atoms with van der Waals surface area (Å²) in [7, 11) is 0. The Morgan fingerprint density at radius 1 is 1.04 bits per heavy atom. The molecule has 1 heterocycles. The molecule has 0 saturated carbocycles. The van der Waals surface area contributed by atoms with E-state index in [4.69, 9.17) is 0 Å². The number of pyridine rings is 1. The van der Waals surface area contributed by atoms with Gasteiger partial charge in [0.05, 0.1) is 5.52 Å². The summed E-state index contributed by atoms with van der Waals surface area (Å²) in [6.07, 6.45) is 1.63. The van der Waals surface area contributed by atoms with E-state index < -0.39 is 0 Å². The maximum Gasteiger partial charge on any atom is 2.00 e. The molecule has 3 aromatic rings. The van der Waals surface area contributed by atoms with Gasteiger partial charge in [0.1, 0.15) is 0 Å². The minimum atomic E-state index is -0.0110. The zero-order chi connectivity index (χ0) is 15.2. The van der Waals surface area contributed by atoms with E-state index in [0.29, 0.717) is 11.4 Å². The van der Waals surface area contributed by atoms with Crippen LogP contribution >= 0.6 is 0 Å². The number of nitrogens with zero attached hydrogens (tertiary/aromatic N) is 1. The molecule has 0 fully saturated rings. The molecule has 0 N–H and O–H groups in total. The number of fused-ring (bicyclic) bond motifs is 1. The standard InChI is InChI=1S/C10H13.C9H7NO.ClH.Os/c1-8(2)10-6-4-9(3)5-7-10;11-8-5-1-3-7-4-2-6-10-9(7)8;;/h4-6,8H,1-3H3;1-6,11H;1H;/q-1;;;+2/p-2. The van der Waals surface area contributed by atoms with Crippen LogP contribution in [-0.2, 0) is 19.8 Å². The van der Waals surface area contributed by atoms with Crippen molar-refractivity contribution in [1.29, 1.82) is 0 Å². The monoisotopic (exact) mass is 504 g/mol. The predicted octanol–water partition coefficient (Wildman–Crippen LogP) is 1.23. The van der Waals surface area contributed by atoms with E-state index in [1.165, 1.54) is 17.2 Å². The van der Waals surface area contributed by atoms with Gasteiger partial charge in [-0.05, 0) is 17.4 Å². The molecule has 0 spiro atoms. The number of aromatic nitrogens is 1. The Balaban J connectivity index is 0.000000389. The molecule has 2 nitrogen and oxygen atoms in total. The van der Waals surface area contributed by atoms with E-state index in [-0.39, 0.29) is 37.9 Å². The van der Waals surface area contributed by atoms with Crippen molar-refractivity contribution >= 4 is 10.9 Å². The number of halogens is 1. The van der Waals surface area contributed by atoms with Crippen LogP contribution in [0.25, 0.3) is 10.9 Å². The Morgan fingerprint density at radius 2 is 1.74 bits per heavy atom. The van der Waals surface area contributed by atoms with Gasteiger partial charge in [-0.25, -0.2) is 0 Å². The third-order valence-electron chi connectivity index (χ3n) is 3.21. The van der Waals surface area contributed by atoms with Crippen molar-refractivity contribution in [3.63, 3.8) is 0 Å². The van der Waals surface area contributed by atoms with E-state index in [2.05, 4.69) is 44.0 Å². The normalized spacial score (nSPS) is 9.39. The number of hydrogen-bond donors (Lipinski definition) is 0. The van der Waals surface area contributed by atoms with Crippen LogP contribution in [0.1, 0.15) is 30.9 Å². The molecule has 4 heteroatoms. The zero-order valence-corrected chi connectivity index (χ0v) is 16.7. The van der Waals surface area contributed by atoms with Gasteiger partial charge in [0.25, 0.3) is 0 Å². The van der Waals surface area contributed by atoms with Gasteiger partial charge < -0.3 is 17.5 Å². The number of rotatable bonds is 1. The Hall–Kier alpha value is -1.42. The average Bonchev–Trinajstić information content (AvgIpc) is 2.49. The summed E-state index contributed by atoms with van der Waals surface area (Å²) in [4.78, 5) is 3.97. The molecule has 0 atom stereocenters. The van der Waals surface area contributed by atoms with Crippen molar-refractivity contribution in [3.8, 4) is 5.75 Å². The fraction of sp³-hybridized carbons (Fsp3) is 0.211. The minimum absolute atomic E-state index is 0. The molecule has 0 saturated heterocycles. The first kappa shape index (κ1) is 21.6. The molecule has 0 aliphatic heterocycles. The molecule has 0 unspecified atom stereocenters. The second kappa shape index (κ2) is 10.4. The Morgan fingerprint density at radius 3 is 2.30 bits per heavy atom. The molecule has 0 radical (unpaired) electrons. The van der Waals surface area contributed by atoms with Gasteiger partial charge >= 0.3 is 19.8 Å². The largest absolute Gasteiger partial charge is 2.00 e. The van der Waals surface area contributed by atoms with Gasteiger partial charge in [-0.1, -0.05) is 50.8 Å². The van der Waals surface area contributed by atoms with Gasteiger partial charge in [0, 0.05) is 6.20 Å². The molecule has 0 bridgehead atoms. The van der Waals surface area contributed by atoms with Crippen molar-refractivity contribution in [2.45, 2.75) is 26.7 Å². The van der Waals surface area contributed by atoms with Crippen molar-refractivity contribution < 1.29 is 37.3 Å². The molecule has 0 amide bonds. The molecule has 3 rings (SSSR count). The molecule has 23 heavy (non-hydrogen) atoms. The Bertz CT molecular complexity index is 709. The van der Waals surface area contributed by atoms with Crippen LogP contribution in [0.4, 0.5) is 0 Å². The fourth-order valence-electron chi connectivity index (χ4n) is 1.95.